The van der Waals surface area contributed by atoms with E-state index >= 15 is 0 Å². The van der Waals surface area contributed by atoms with Crippen LogP contribution in [-0.4, -0.2) is 72.7 Å². The molecule has 3 aliphatic carbocycles. The molecule has 1 N–H and O–H groups in total. The molecule has 0 amide bonds. The molecule has 6 nitrogen and oxygen atoms in total. The van der Waals surface area contributed by atoms with Crippen LogP contribution in [0.2, 0.25) is 0 Å². The lowest BCUT2D eigenvalue weighted by Crippen LogP contribution is -2.66. The fourth-order valence-corrected chi connectivity index (χ4v) is 12.4. The zero-order valence-electron chi connectivity index (χ0n) is 34.9. The number of ether oxygens (including phenoxy) is 1. The molecule has 0 aromatic carbocycles. The number of piperazine rings is 1. The highest BCUT2D eigenvalue weighted by Gasteiger charge is 2.69. The molecule has 0 bridgehead atoms. The monoisotopic (exact) mass is 699 g/mol. The summed E-state index contributed by atoms with van der Waals surface area (Å²) in [6, 6.07) is 0. The Bertz CT molecular complexity index is 1250. The van der Waals surface area contributed by atoms with Gasteiger partial charge in [0, 0.05) is 38.1 Å². The van der Waals surface area contributed by atoms with Crippen molar-refractivity contribution in [3.63, 3.8) is 0 Å². The van der Waals surface area contributed by atoms with E-state index in [1.165, 1.54) is 84.1 Å². The fraction of sp³-hybridized carbons (Fsp3) is 0.909. The smallest absolute Gasteiger partial charge is 0.309 e. The summed E-state index contributed by atoms with van der Waals surface area (Å²) in [4.78, 5) is 30.4. The number of nitrogens with zero attached hydrogens (tertiary/aromatic N) is 2. The lowest BCUT2D eigenvalue weighted by molar-refractivity contribution is -0.234. The first kappa shape index (κ1) is 41.4. The maximum Gasteiger partial charge on any atom is 0.309 e. The van der Waals surface area contributed by atoms with Crippen molar-refractivity contribution in [1.82, 2.24) is 9.80 Å². The molecule has 0 aromatic rings. The van der Waals surface area contributed by atoms with Gasteiger partial charge in [-0.3, -0.25) is 9.59 Å². The van der Waals surface area contributed by atoms with Crippen LogP contribution in [0.15, 0.2) is 11.1 Å². The lowest BCUT2D eigenvalue weighted by Gasteiger charge is -2.71. The second-order valence-electron chi connectivity index (χ2n) is 19.9. The van der Waals surface area contributed by atoms with Crippen molar-refractivity contribution in [3.8, 4) is 0 Å². The summed E-state index contributed by atoms with van der Waals surface area (Å²) in [5.74, 6) is 0.391. The van der Waals surface area contributed by atoms with Gasteiger partial charge in [-0.15, -0.1) is 0 Å². The number of aliphatic carboxylic acids is 1. The van der Waals surface area contributed by atoms with Crippen molar-refractivity contribution in [3.05, 3.63) is 11.1 Å². The number of fused-ring (bicyclic) bond motifs is 1. The number of carboxylic acids is 1. The molecule has 0 aromatic heterocycles. The molecule has 4 rings (SSSR count). The minimum Gasteiger partial charge on any atom is -0.481 e. The second kappa shape index (κ2) is 15.2. The highest BCUT2D eigenvalue weighted by Crippen LogP contribution is 2.75. The van der Waals surface area contributed by atoms with E-state index in [1.807, 2.05) is 5.57 Å². The van der Waals surface area contributed by atoms with Crippen molar-refractivity contribution in [2.45, 2.75) is 166 Å². The summed E-state index contributed by atoms with van der Waals surface area (Å²) in [5.41, 5.74) is 2.70. The third-order valence-electron chi connectivity index (χ3n) is 16.1. The van der Waals surface area contributed by atoms with Gasteiger partial charge in [-0.1, -0.05) is 99.6 Å². The number of unbranched alkanes of at least 4 members (excludes halogenated alkanes) is 1. The molecule has 0 radical (unpaired) electrons. The van der Waals surface area contributed by atoms with Crippen LogP contribution in [-0.2, 0) is 14.3 Å². The van der Waals surface area contributed by atoms with Crippen LogP contribution in [0.5, 0.6) is 0 Å². The van der Waals surface area contributed by atoms with E-state index in [0.717, 1.165) is 19.3 Å². The van der Waals surface area contributed by atoms with E-state index in [4.69, 9.17) is 4.74 Å². The maximum absolute atomic E-state index is 13.3. The van der Waals surface area contributed by atoms with Crippen LogP contribution in [0.4, 0.5) is 0 Å². The van der Waals surface area contributed by atoms with Gasteiger partial charge in [-0.05, 0) is 112 Å². The summed E-state index contributed by atoms with van der Waals surface area (Å²) >= 11 is 0. The Hall–Kier alpha value is -1.40. The van der Waals surface area contributed by atoms with E-state index in [0.29, 0.717) is 17.8 Å². The average Bonchev–Trinajstić information content (AvgIpc) is 3.43. The first-order valence-corrected chi connectivity index (χ1v) is 20.7. The van der Waals surface area contributed by atoms with Gasteiger partial charge in [0.1, 0.15) is 6.10 Å². The van der Waals surface area contributed by atoms with Crippen LogP contribution in [0.3, 0.4) is 0 Å². The second-order valence-corrected chi connectivity index (χ2v) is 19.9. The Morgan fingerprint density at radius 1 is 0.940 bits per heavy atom. The van der Waals surface area contributed by atoms with Gasteiger partial charge < -0.3 is 19.6 Å². The number of likely N-dealkylation sites (N-methyl/N-ethyl adjacent to an activating group) is 1. The Morgan fingerprint density at radius 2 is 1.58 bits per heavy atom. The number of carboxylic acid groups (broad SMARTS) is 1. The molecule has 6 unspecified atom stereocenters. The molecule has 4 aliphatic rings. The Kier molecular flexibility index (Phi) is 12.5. The number of hydrogen-bond acceptors (Lipinski definition) is 5. The van der Waals surface area contributed by atoms with Crippen molar-refractivity contribution in [2.24, 2.45) is 50.2 Å². The normalized spacial score (nSPS) is 36.0. The van der Waals surface area contributed by atoms with Crippen LogP contribution < -0.4 is 0 Å². The highest BCUT2D eigenvalue weighted by atomic mass is 16.5. The average molecular weight is 699 g/mol. The molecule has 1 saturated heterocycles. The molecule has 2 saturated carbocycles. The molecule has 1 aliphatic heterocycles. The van der Waals surface area contributed by atoms with Crippen LogP contribution >= 0.6 is 0 Å². The lowest BCUT2D eigenvalue weighted by atomic mass is 9.34. The van der Waals surface area contributed by atoms with Gasteiger partial charge in [0.05, 0.1) is 11.8 Å². The van der Waals surface area contributed by atoms with Gasteiger partial charge in [0.2, 0.25) is 0 Å². The number of rotatable bonds is 14. The van der Waals surface area contributed by atoms with Crippen LogP contribution in [0, 0.1) is 50.2 Å². The summed E-state index contributed by atoms with van der Waals surface area (Å²) in [6.07, 6.45) is 12.6. The quantitative estimate of drug-likeness (QED) is 0.144. The summed E-state index contributed by atoms with van der Waals surface area (Å²) in [6.45, 7) is 34.1. The molecule has 1 heterocycles. The third-order valence-corrected chi connectivity index (χ3v) is 16.1. The number of carbonyl (C=O) groups is 2. The largest absolute Gasteiger partial charge is 0.481 e. The molecule has 0 spiro atoms. The number of allylic oxidation sites excluding steroid dienone is 2. The maximum atomic E-state index is 13.3. The van der Waals surface area contributed by atoms with E-state index in [9.17, 15) is 14.7 Å². The van der Waals surface area contributed by atoms with Gasteiger partial charge in [-0.25, -0.2) is 0 Å². The van der Waals surface area contributed by atoms with Crippen molar-refractivity contribution in [2.75, 3.05) is 39.8 Å². The number of esters is 1. The summed E-state index contributed by atoms with van der Waals surface area (Å²) < 4.78 is 6.32. The fourth-order valence-electron chi connectivity index (χ4n) is 12.4. The Morgan fingerprint density at radius 3 is 2.14 bits per heavy atom. The SMILES string of the molecule is CCCCC1C(C)(C2=C(C(C)C)CCC2(CCC)C(C)CN2CCN(C)CC2)CC[C@@]2(C)C(C)(C)C(OC(=O)CC(C)(C)C(=O)O)CCC12C. The molecular formula is C44H78N2O4. The van der Waals surface area contributed by atoms with E-state index in [2.05, 4.69) is 86.1 Å². The first-order valence-electron chi connectivity index (χ1n) is 20.7. The van der Waals surface area contributed by atoms with E-state index in [-0.39, 0.29) is 45.6 Å². The molecule has 6 heteroatoms. The van der Waals surface area contributed by atoms with Gasteiger partial charge >= 0.3 is 11.9 Å². The van der Waals surface area contributed by atoms with Gasteiger partial charge in [-0.2, -0.15) is 0 Å². The number of hydrogen-bond donors (Lipinski definition) is 1. The minimum atomic E-state index is -1.14. The topological polar surface area (TPSA) is 70.1 Å². The highest BCUT2D eigenvalue weighted by molar-refractivity contribution is 5.81. The van der Waals surface area contributed by atoms with E-state index < -0.39 is 11.4 Å². The van der Waals surface area contributed by atoms with E-state index in [1.54, 1.807) is 19.4 Å². The van der Waals surface area contributed by atoms with Crippen LogP contribution in [0.1, 0.15) is 160 Å². The molecular weight excluding hydrogens is 620 g/mol. The summed E-state index contributed by atoms with van der Waals surface area (Å²) in [7, 11) is 2.26. The van der Waals surface area contributed by atoms with Crippen molar-refractivity contribution >= 4 is 11.9 Å². The first-order chi connectivity index (χ1) is 23.2. The van der Waals surface area contributed by atoms with Gasteiger partial charge in [0.15, 0.2) is 0 Å². The molecule has 288 valence electrons. The standard InChI is InChI=1S/C44H78N2O4/c1-14-16-17-34-41(10,37-33(31(3)4)18-22-44(37,20-15-2)32(5)30-46-27-25-45(13)26-28-46)23-24-43(12)40(8,9)35(19-21-42(34,43)11)50-36(47)29-39(6,7)38(48)49/h31-32,34-35H,14-30H2,1-13H3,(H,48,49)/t32?,34?,35?,41?,42?,43-,44?/m0/s1. The van der Waals surface area contributed by atoms with Crippen molar-refractivity contribution < 1.29 is 19.4 Å². The minimum absolute atomic E-state index is 0.0283. The zero-order chi connectivity index (χ0) is 37.5. The van der Waals surface area contributed by atoms with Gasteiger partial charge in [0.25, 0.3) is 0 Å². The molecule has 3 fully saturated rings. The third kappa shape index (κ3) is 7.13. The Labute approximate surface area is 307 Å². The predicted octanol–water partition coefficient (Wildman–Crippen LogP) is 10.3. The molecule has 7 atom stereocenters. The summed E-state index contributed by atoms with van der Waals surface area (Å²) in [5, 5.41) is 9.70. The number of carbonyl (C=O) groups excluding carboxylic acids is 1. The molecule has 50 heavy (non-hydrogen) atoms. The predicted molar refractivity (Wildman–Crippen MR) is 207 cm³/mol. The Balaban J connectivity index is 1.77. The van der Waals surface area contributed by atoms with Crippen molar-refractivity contribution in [1.29, 1.82) is 0 Å². The zero-order valence-corrected chi connectivity index (χ0v) is 34.9. The van der Waals surface area contributed by atoms with Crippen LogP contribution in [0.25, 0.3) is 0 Å².